The quantitative estimate of drug-likeness (QED) is 0.179. The third-order valence-electron chi connectivity index (χ3n) is 8.96. The first-order valence-electron chi connectivity index (χ1n) is 17.4. The van der Waals surface area contributed by atoms with Crippen LogP contribution in [-0.4, -0.2) is 29.1 Å². The van der Waals surface area contributed by atoms with Crippen molar-refractivity contribution >= 4 is 43.6 Å². The molecule has 0 saturated carbocycles. The fourth-order valence-electron chi connectivity index (χ4n) is 6.75. The number of fused-ring (bicyclic) bond motifs is 6. The minimum Gasteiger partial charge on any atom is -0.309 e. The monoisotopic (exact) mass is 652 g/mol. The van der Waals surface area contributed by atoms with Gasteiger partial charge in [-0.25, -0.2) is 0 Å². The van der Waals surface area contributed by atoms with Crippen LogP contribution < -0.4 is 0 Å². The molecule has 0 amide bonds. The van der Waals surface area contributed by atoms with E-state index in [-0.39, 0.29) is 0 Å². The Kier molecular flexibility index (Phi) is 9.43. The summed E-state index contributed by atoms with van der Waals surface area (Å²) in [5.74, 6) is 0. The summed E-state index contributed by atoms with van der Waals surface area (Å²) in [6, 6.07) is 35.1. The van der Waals surface area contributed by atoms with Crippen LogP contribution in [0.15, 0.2) is 147 Å². The van der Waals surface area contributed by atoms with Crippen molar-refractivity contribution in [3.63, 3.8) is 0 Å². The Morgan fingerprint density at radius 1 is 0.340 bits per heavy atom. The van der Waals surface area contributed by atoms with Gasteiger partial charge < -0.3 is 9.13 Å². The van der Waals surface area contributed by atoms with Gasteiger partial charge >= 0.3 is 0 Å². The van der Waals surface area contributed by atoms with E-state index in [9.17, 15) is 0 Å². The fourth-order valence-corrected chi connectivity index (χ4v) is 6.75. The van der Waals surface area contributed by atoms with Gasteiger partial charge in [0.2, 0.25) is 0 Å². The van der Waals surface area contributed by atoms with Gasteiger partial charge in [-0.1, -0.05) is 76.2 Å². The molecule has 0 spiro atoms. The minimum absolute atomic E-state index is 0.889. The predicted molar refractivity (Wildman–Crippen MR) is 207 cm³/mol. The topological polar surface area (TPSA) is 61.4 Å². The largest absolute Gasteiger partial charge is 0.309 e. The smallest absolute Gasteiger partial charge is 0.0572 e. The van der Waals surface area contributed by atoms with Crippen molar-refractivity contribution in [1.29, 1.82) is 0 Å². The Hall–Kier alpha value is -6.14. The normalized spacial score (nSPS) is 11.0. The maximum absolute atomic E-state index is 4.35. The molecule has 6 aromatic heterocycles. The molecule has 3 aromatic carbocycles. The van der Waals surface area contributed by atoms with E-state index < -0.39 is 0 Å². The Bertz CT molecular complexity index is 2220. The van der Waals surface area contributed by atoms with Crippen molar-refractivity contribution in [2.75, 3.05) is 0 Å². The molecule has 0 radical (unpaired) electrons. The second-order valence-electron chi connectivity index (χ2n) is 11.7. The summed E-state index contributed by atoms with van der Waals surface area (Å²) < 4.78 is 4.58. The average Bonchev–Trinajstić information content (AvgIpc) is 3.71. The lowest BCUT2D eigenvalue weighted by molar-refractivity contribution is 1.12. The molecule has 6 heterocycles. The van der Waals surface area contributed by atoms with Gasteiger partial charge in [0.1, 0.15) is 0 Å². The van der Waals surface area contributed by atoms with Gasteiger partial charge in [0, 0.05) is 82.5 Å². The summed E-state index contributed by atoms with van der Waals surface area (Å²) in [5.41, 5.74) is 12.0. The molecule has 0 fully saturated rings. The molecule has 9 aromatic rings. The molecule has 9 rings (SSSR count). The van der Waals surface area contributed by atoms with Crippen LogP contribution in [0.25, 0.3) is 55.0 Å². The van der Waals surface area contributed by atoms with Crippen LogP contribution in [0.1, 0.15) is 49.9 Å². The molecule has 0 saturated heterocycles. The van der Waals surface area contributed by atoms with Gasteiger partial charge in [0.15, 0.2) is 0 Å². The molecule has 6 heteroatoms. The standard InChI is InChI=1S/C40H28N6.2C2H6/c1-2-28(22-30-7-11-32(12-8-30)46-39-15-19-43-25-35(39)36-26-44-20-16-40(36)46)4-3-27(1)21-29-5-9-31(10-6-29)45-37-13-17-41-23-33(37)34-24-42-18-14-38(34)45;2*1-2/h1-20,23-26H,21-22H2;2*1-2H3. The zero-order chi connectivity index (χ0) is 34.5. The van der Waals surface area contributed by atoms with Gasteiger partial charge in [-0.3, -0.25) is 19.9 Å². The summed E-state index contributed by atoms with van der Waals surface area (Å²) >= 11 is 0. The molecule has 0 aliphatic rings. The summed E-state index contributed by atoms with van der Waals surface area (Å²) in [4.78, 5) is 17.4. The molecule has 6 nitrogen and oxygen atoms in total. The third kappa shape index (κ3) is 6.01. The second-order valence-corrected chi connectivity index (χ2v) is 11.7. The fraction of sp³-hybridized carbons (Fsp3) is 0.136. The van der Waals surface area contributed by atoms with Crippen LogP contribution in [0.2, 0.25) is 0 Å². The Balaban J connectivity index is 0.000000948. The molecule has 50 heavy (non-hydrogen) atoms. The van der Waals surface area contributed by atoms with Crippen molar-refractivity contribution in [3.8, 4) is 11.4 Å². The lowest BCUT2D eigenvalue weighted by atomic mass is 10.00. The Morgan fingerprint density at radius 2 is 0.580 bits per heavy atom. The molecule has 0 aliphatic heterocycles. The van der Waals surface area contributed by atoms with Crippen LogP contribution in [0, 0.1) is 0 Å². The lowest BCUT2D eigenvalue weighted by Gasteiger charge is -2.10. The van der Waals surface area contributed by atoms with Crippen LogP contribution in [-0.2, 0) is 12.8 Å². The third-order valence-corrected chi connectivity index (χ3v) is 8.96. The maximum atomic E-state index is 4.35. The van der Waals surface area contributed by atoms with Gasteiger partial charge in [-0.15, -0.1) is 0 Å². The van der Waals surface area contributed by atoms with Crippen LogP contribution in [0.4, 0.5) is 0 Å². The highest BCUT2D eigenvalue weighted by atomic mass is 15.0. The number of rotatable bonds is 6. The molecule has 246 valence electrons. The van der Waals surface area contributed by atoms with Crippen molar-refractivity contribution in [2.24, 2.45) is 0 Å². The van der Waals surface area contributed by atoms with Gasteiger partial charge in [0.05, 0.1) is 22.1 Å². The highest BCUT2D eigenvalue weighted by molar-refractivity contribution is 6.09. The van der Waals surface area contributed by atoms with Crippen molar-refractivity contribution < 1.29 is 0 Å². The van der Waals surface area contributed by atoms with E-state index >= 15 is 0 Å². The number of benzene rings is 3. The number of pyridine rings is 4. The highest BCUT2D eigenvalue weighted by Gasteiger charge is 2.13. The lowest BCUT2D eigenvalue weighted by Crippen LogP contribution is -1.96. The summed E-state index contributed by atoms with van der Waals surface area (Å²) in [6.45, 7) is 8.00. The second kappa shape index (κ2) is 14.5. The zero-order valence-electron chi connectivity index (χ0n) is 29.0. The average molecular weight is 653 g/mol. The van der Waals surface area contributed by atoms with Crippen molar-refractivity contribution in [2.45, 2.75) is 40.5 Å². The summed E-state index contributed by atoms with van der Waals surface area (Å²) in [6.07, 6.45) is 16.9. The molecule has 0 atom stereocenters. The van der Waals surface area contributed by atoms with E-state index in [2.05, 4.69) is 126 Å². The first-order chi connectivity index (χ1) is 24.8. The zero-order valence-corrected chi connectivity index (χ0v) is 29.0. The Morgan fingerprint density at radius 3 is 0.840 bits per heavy atom. The number of hydrogen-bond donors (Lipinski definition) is 0. The van der Waals surface area contributed by atoms with E-state index in [4.69, 9.17) is 0 Å². The van der Waals surface area contributed by atoms with Crippen LogP contribution in [0.3, 0.4) is 0 Å². The predicted octanol–water partition coefficient (Wildman–Crippen LogP) is 10.7. The van der Waals surface area contributed by atoms with E-state index in [1.54, 1.807) is 0 Å². The molecule has 0 N–H and O–H groups in total. The van der Waals surface area contributed by atoms with Crippen molar-refractivity contribution in [1.82, 2.24) is 29.1 Å². The maximum Gasteiger partial charge on any atom is 0.0572 e. The summed E-state index contributed by atoms with van der Waals surface area (Å²) in [7, 11) is 0. The van der Waals surface area contributed by atoms with Gasteiger partial charge in [-0.05, 0) is 83.6 Å². The van der Waals surface area contributed by atoms with Gasteiger partial charge in [-0.2, -0.15) is 0 Å². The number of nitrogens with zero attached hydrogens (tertiary/aromatic N) is 6. The van der Waals surface area contributed by atoms with Gasteiger partial charge in [0.25, 0.3) is 0 Å². The van der Waals surface area contributed by atoms with Crippen LogP contribution >= 0.6 is 0 Å². The van der Waals surface area contributed by atoms with E-state index in [1.807, 2.05) is 77.3 Å². The molecule has 0 unspecified atom stereocenters. The molecular formula is C44H40N6. The van der Waals surface area contributed by atoms with E-state index in [1.165, 1.54) is 22.3 Å². The first kappa shape index (κ1) is 32.4. The SMILES string of the molecule is CC.CC.c1cc2c(cn1)c1cnccc1n2-c1ccc(Cc2ccc(Cc3ccc(-n4c5ccncc5c5cnccc54)cc3)cc2)cc1. The first-order valence-corrected chi connectivity index (χ1v) is 17.4. The summed E-state index contributed by atoms with van der Waals surface area (Å²) in [5, 5.41) is 4.46. The van der Waals surface area contributed by atoms with E-state index in [0.717, 1.165) is 67.8 Å². The molecule has 0 aliphatic carbocycles. The van der Waals surface area contributed by atoms with E-state index in [0.29, 0.717) is 0 Å². The highest BCUT2D eigenvalue weighted by Crippen LogP contribution is 2.32. The Labute approximate surface area is 292 Å². The number of hydrogen-bond acceptors (Lipinski definition) is 4. The molecule has 0 bridgehead atoms. The minimum atomic E-state index is 0.889. The van der Waals surface area contributed by atoms with Crippen molar-refractivity contribution in [3.05, 3.63) is 169 Å². The van der Waals surface area contributed by atoms with Crippen LogP contribution in [0.5, 0.6) is 0 Å². The molecular weight excluding hydrogens is 613 g/mol. The number of aromatic nitrogens is 6.